The zero-order valence-corrected chi connectivity index (χ0v) is 12.5. The van der Waals surface area contributed by atoms with Gasteiger partial charge >= 0.3 is 0 Å². The molecule has 3 nitrogen and oxygen atoms in total. The zero-order valence-electron chi connectivity index (χ0n) is 11.7. The highest BCUT2D eigenvalue weighted by atomic mass is 32.2. The fourth-order valence-corrected chi connectivity index (χ4v) is 4.29. The van der Waals surface area contributed by atoms with Crippen LogP contribution in [0.3, 0.4) is 0 Å². The van der Waals surface area contributed by atoms with E-state index in [9.17, 15) is 9.90 Å². The summed E-state index contributed by atoms with van der Waals surface area (Å²) in [6, 6.07) is 5.51. The van der Waals surface area contributed by atoms with E-state index in [1.54, 1.807) is 12.1 Å². The number of carbonyl (C=O) groups excluding carboxylic acids is 1. The first kappa shape index (κ1) is 13.8. The van der Waals surface area contributed by atoms with Crippen molar-refractivity contribution in [2.45, 2.75) is 32.2 Å². The van der Waals surface area contributed by atoms with Crippen molar-refractivity contribution < 1.29 is 9.90 Å². The number of rotatable bonds is 2. The maximum atomic E-state index is 12.4. The van der Waals surface area contributed by atoms with E-state index in [-0.39, 0.29) is 5.91 Å². The third-order valence-electron chi connectivity index (χ3n) is 4.36. The highest BCUT2D eigenvalue weighted by Crippen LogP contribution is 2.28. The molecule has 1 amide bonds. The summed E-state index contributed by atoms with van der Waals surface area (Å²) in [6.45, 7) is 1.47. The number of phenolic OH excluding ortho intramolecular Hbond substituents is 1. The van der Waals surface area contributed by atoms with Crippen LogP contribution in [-0.4, -0.2) is 34.0 Å². The first-order chi connectivity index (χ1) is 9.72. The van der Waals surface area contributed by atoms with Crippen LogP contribution in [0.25, 0.3) is 0 Å². The van der Waals surface area contributed by atoms with Crippen LogP contribution >= 0.6 is 11.8 Å². The molecular formula is C16H21NO2S. The number of fused-ring (bicyclic) bond motifs is 1. The molecule has 2 aliphatic rings. The van der Waals surface area contributed by atoms with Crippen molar-refractivity contribution in [3.05, 3.63) is 29.3 Å². The summed E-state index contributed by atoms with van der Waals surface area (Å²) in [4.78, 5) is 14.4. The monoisotopic (exact) mass is 291 g/mol. The molecule has 3 rings (SSSR count). The molecule has 20 heavy (non-hydrogen) atoms. The summed E-state index contributed by atoms with van der Waals surface area (Å²) >= 11 is 2.00. The average Bonchev–Trinajstić information content (AvgIpc) is 2.47. The molecule has 0 aliphatic carbocycles. The topological polar surface area (TPSA) is 40.5 Å². The average molecular weight is 291 g/mol. The number of benzene rings is 1. The lowest BCUT2D eigenvalue weighted by atomic mass is 9.95. The van der Waals surface area contributed by atoms with Crippen LogP contribution < -0.4 is 0 Å². The number of phenols is 1. The van der Waals surface area contributed by atoms with Crippen molar-refractivity contribution in [2.75, 3.05) is 18.1 Å². The first-order valence-corrected chi connectivity index (χ1v) is 8.54. The van der Waals surface area contributed by atoms with E-state index in [2.05, 4.69) is 0 Å². The highest BCUT2D eigenvalue weighted by molar-refractivity contribution is 7.99. The largest absolute Gasteiger partial charge is 0.508 e. The molecule has 1 N–H and O–H groups in total. The lowest BCUT2D eigenvalue weighted by molar-refractivity contribution is -0.133. The summed E-state index contributed by atoms with van der Waals surface area (Å²) < 4.78 is 0. The van der Waals surface area contributed by atoms with Gasteiger partial charge in [0.2, 0.25) is 5.91 Å². The molecule has 0 saturated carbocycles. The Morgan fingerprint density at radius 3 is 2.90 bits per heavy atom. The molecule has 108 valence electrons. The molecule has 1 fully saturated rings. The quantitative estimate of drug-likeness (QED) is 0.911. The third kappa shape index (κ3) is 3.11. The smallest absolute Gasteiger partial charge is 0.223 e. The van der Waals surface area contributed by atoms with Gasteiger partial charge < -0.3 is 10.0 Å². The number of hydrogen-bond donors (Lipinski definition) is 1. The Bertz CT molecular complexity index is 497. The van der Waals surface area contributed by atoms with Gasteiger partial charge in [0.25, 0.3) is 0 Å². The molecule has 2 aliphatic heterocycles. The fraction of sp³-hybridized carbons (Fsp3) is 0.562. The minimum atomic E-state index is 0.288. The van der Waals surface area contributed by atoms with Gasteiger partial charge in [-0.15, -0.1) is 0 Å². The highest BCUT2D eigenvalue weighted by Gasteiger charge is 2.24. The molecule has 4 heteroatoms. The van der Waals surface area contributed by atoms with Crippen molar-refractivity contribution >= 4 is 17.7 Å². The molecule has 0 bridgehead atoms. The third-order valence-corrected chi connectivity index (χ3v) is 5.41. The lowest BCUT2D eigenvalue weighted by Gasteiger charge is -2.31. The van der Waals surface area contributed by atoms with Gasteiger partial charge in [-0.2, -0.15) is 11.8 Å². The number of aromatic hydroxyl groups is 1. The molecule has 0 radical (unpaired) electrons. The maximum absolute atomic E-state index is 12.4. The van der Waals surface area contributed by atoms with E-state index in [0.29, 0.717) is 24.6 Å². The molecule has 0 spiro atoms. The molecule has 0 aromatic heterocycles. The second kappa shape index (κ2) is 6.08. The van der Waals surface area contributed by atoms with Crippen molar-refractivity contribution in [1.29, 1.82) is 0 Å². The Morgan fingerprint density at radius 2 is 2.10 bits per heavy atom. The predicted octanol–water partition coefficient (Wildman–Crippen LogP) is 2.81. The molecule has 2 heterocycles. The fourth-order valence-electron chi connectivity index (χ4n) is 3.08. The molecule has 0 unspecified atom stereocenters. The van der Waals surface area contributed by atoms with Gasteiger partial charge in [0.1, 0.15) is 5.75 Å². The van der Waals surface area contributed by atoms with E-state index in [1.165, 1.54) is 29.9 Å². The first-order valence-electron chi connectivity index (χ1n) is 7.38. The van der Waals surface area contributed by atoms with Crippen LogP contribution in [0.2, 0.25) is 0 Å². The minimum absolute atomic E-state index is 0.288. The molecule has 0 atom stereocenters. The second-order valence-corrected chi connectivity index (χ2v) is 7.00. The molecule has 1 aromatic carbocycles. The number of carbonyl (C=O) groups is 1. The second-order valence-electron chi connectivity index (χ2n) is 5.78. The van der Waals surface area contributed by atoms with Crippen LogP contribution in [0.4, 0.5) is 0 Å². The summed E-state index contributed by atoms with van der Waals surface area (Å²) in [5.74, 6) is 3.57. The van der Waals surface area contributed by atoms with Gasteiger partial charge in [-0.1, -0.05) is 6.07 Å². The summed E-state index contributed by atoms with van der Waals surface area (Å²) in [6.07, 6.45) is 3.97. The van der Waals surface area contributed by atoms with E-state index in [0.717, 1.165) is 18.5 Å². The molecular weight excluding hydrogens is 270 g/mol. The van der Waals surface area contributed by atoms with Crippen molar-refractivity contribution in [3.8, 4) is 5.75 Å². The zero-order chi connectivity index (χ0) is 13.9. The maximum Gasteiger partial charge on any atom is 0.223 e. The van der Waals surface area contributed by atoms with E-state index in [1.807, 2.05) is 22.7 Å². The lowest BCUT2D eigenvalue weighted by Crippen LogP contribution is -2.37. The predicted molar refractivity (Wildman–Crippen MR) is 81.9 cm³/mol. The van der Waals surface area contributed by atoms with Crippen LogP contribution in [0.15, 0.2) is 18.2 Å². The van der Waals surface area contributed by atoms with Crippen molar-refractivity contribution in [1.82, 2.24) is 4.90 Å². The van der Waals surface area contributed by atoms with Gasteiger partial charge in [-0.3, -0.25) is 4.79 Å². The van der Waals surface area contributed by atoms with Crippen molar-refractivity contribution in [3.63, 3.8) is 0 Å². The van der Waals surface area contributed by atoms with Crippen LogP contribution in [0.5, 0.6) is 5.75 Å². The van der Waals surface area contributed by atoms with Gasteiger partial charge in [0.15, 0.2) is 0 Å². The normalized spacial score (nSPS) is 19.7. The standard InChI is InChI=1S/C16H21NO2S/c18-15-2-1-13-3-6-17(11-14(13)10-15)16(19)9-12-4-7-20-8-5-12/h1-2,10,12,18H,3-9,11H2. The number of thioether (sulfide) groups is 1. The number of hydrogen-bond acceptors (Lipinski definition) is 3. The van der Waals surface area contributed by atoms with Crippen LogP contribution in [0, 0.1) is 5.92 Å². The van der Waals surface area contributed by atoms with E-state index >= 15 is 0 Å². The Kier molecular flexibility index (Phi) is 4.20. The van der Waals surface area contributed by atoms with Crippen LogP contribution in [0.1, 0.15) is 30.4 Å². The van der Waals surface area contributed by atoms with Crippen LogP contribution in [-0.2, 0) is 17.8 Å². The summed E-state index contributed by atoms with van der Waals surface area (Å²) in [5, 5.41) is 9.57. The Hall–Kier alpha value is -1.16. The van der Waals surface area contributed by atoms with Gasteiger partial charge in [-0.25, -0.2) is 0 Å². The Morgan fingerprint density at radius 1 is 1.30 bits per heavy atom. The van der Waals surface area contributed by atoms with Gasteiger partial charge in [-0.05, 0) is 59.9 Å². The number of nitrogens with zero attached hydrogens (tertiary/aromatic N) is 1. The van der Waals surface area contributed by atoms with Gasteiger partial charge in [0.05, 0.1) is 0 Å². The Labute approximate surface area is 124 Å². The van der Waals surface area contributed by atoms with E-state index in [4.69, 9.17) is 0 Å². The Balaban J connectivity index is 1.62. The summed E-state index contributed by atoms with van der Waals surface area (Å²) in [7, 11) is 0. The van der Waals surface area contributed by atoms with Gasteiger partial charge in [0, 0.05) is 19.5 Å². The molecule has 1 aromatic rings. The van der Waals surface area contributed by atoms with E-state index < -0.39 is 0 Å². The molecule has 1 saturated heterocycles. The minimum Gasteiger partial charge on any atom is -0.508 e. The number of amides is 1. The van der Waals surface area contributed by atoms with Crippen molar-refractivity contribution in [2.24, 2.45) is 5.92 Å². The summed E-state index contributed by atoms with van der Waals surface area (Å²) in [5.41, 5.74) is 2.37. The SMILES string of the molecule is O=C(CC1CCSCC1)N1CCc2ccc(O)cc2C1.